The van der Waals surface area contributed by atoms with Gasteiger partial charge in [0.25, 0.3) is 0 Å². The molecular formula is C12H17ClFNO. The lowest BCUT2D eigenvalue weighted by Gasteiger charge is -2.31. The number of nitrogens with two attached hydrogens (primary N) is 1. The van der Waals surface area contributed by atoms with E-state index >= 15 is 0 Å². The molecule has 0 bridgehead atoms. The van der Waals surface area contributed by atoms with Crippen molar-refractivity contribution in [2.24, 2.45) is 11.7 Å². The molecular weight excluding hydrogens is 229 g/mol. The molecule has 0 aliphatic heterocycles. The predicted molar refractivity (Wildman–Crippen MR) is 64.3 cm³/mol. The van der Waals surface area contributed by atoms with Crippen molar-refractivity contribution in [3.8, 4) is 5.75 Å². The van der Waals surface area contributed by atoms with Gasteiger partial charge >= 0.3 is 0 Å². The van der Waals surface area contributed by atoms with Crippen LogP contribution in [0.5, 0.6) is 5.75 Å². The topological polar surface area (TPSA) is 46.2 Å². The first-order valence-electron chi connectivity index (χ1n) is 5.34. The Hall–Kier alpha value is -0.800. The zero-order valence-electron chi connectivity index (χ0n) is 9.24. The molecule has 1 fully saturated rings. The number of halogens is 2. The maximum Gasteiger partial charge on any atom is 0.165 e. The molecule has 2 rings (SSSR count). The summed E-state index contributed by atoms with van der Waals surface area (Å²) in [4.78, 5) is 0. The lowest BCUT2D eigenvalue weighted by molar-refractivity contribution is 0.259. The average molecular weight is 246 g/mol. The molecule has 1 aromatic carbocycles. The molecule has 0 amide bonds. The summed E-state index contributed by atoms with van der Waals surface area (Å²) in [5.74, 6) is -0.447. The van der Waals surface area contributed by atoms with Gasteiger partial charge in [0.2, 0.25) is 0 Å². The van der Waals surface area contributed by atoms with Crippen molar-refractivity contribution < 1.29 is 9.50 Å². The van der Waals surface area contributed by atoms with Crippen molar-refractivity contribution >= 4 is 12.4 Å². The number of hydrogen-bond acceptors (Lipinski definition) is 2. The lowest BCUT2D eigenvalue weighted by atomic mass is 9.77. The van der Waals surface area contributed by atoms with Gasteiger partial charge in [-0.25, -0.2) is 4.39 Å². The lowest BCUT2D eigenvalue weighted by Crippen LogP contribution is -2.27. The molecule has 2 nitrogen and oxygen atoms in total. The summed E-state index contributed by atoms with van der Waals surface area (Å²) in [6.45, 7) is 1.81. The minimum Gasteiger partial charge on any atom is -0.505 e. The second-order valence-electron chi connectivity index (χ2n) is 4.40. The van der Waals surface area contributed by atoms with Gasteiger partial charge in [0.05, 0.1) is 0 Å². The second kappa shape index (κ2) is 5.02. The van der Waals surface area contributed by atoms with E-state index in [1.165, 1.54) is 12.5 Å². The first kappa shape index (κ1) is 13.3. The van der Waals surface area contributed by atoms with Crippen LogP contribution < -0.4 is 5.73 Å². The van der Waals surface area contributed by atoms with Crippen molar-refractivity contribution in [1.29, 1.82) is 0 Å². The van der Waals surface area contributed by atoms with Gasteiger partial charge in [0, 0.05) is 11.6 Å². The van der Waals surface area contributed by atoms with E-state index in [2.05, 4.69) is 0 Å². The minimum atomic E-state index is -0.570. The molecule has 0 radical (unpaired) electrons. The highest BCUT2D eigenvalue weighted by atomic mass is 35.5. The van der Waals surface area contributed by atoms with Crippen LogP contribution in [0, 0.1) is 18.7 Å². The number of aryl methyl sites for hydroxylation is 1. The maximum atomic E-state index is 13.3. The van der Waals surface area contributed by atoms with Crippen LogP contribution in [0.1, 0.15) is 36.4 Å². The molecule has 1 aromatic rings. The Labute approximate surface area is 101 Å². The van der Waals surface area contributed by atoms with Gasteiger partial charge in [-0.2, -0.15) is 0 Å². The molecule has 16 heavy (non-hydrogen) atoms. The van der Waals surface area contributed by atoms with E-state index in [4.69, 9.17) is 5.73 Å². The van der Waals surface area contributed by atoms with E-state index in [9.17, 15) is 9.50 Å². The normalized spacial score (nSPS) is 17.4. The van der Waals surface area contributed by atoms with E-state index in [1.807, 2.05) is 0 Å². The van der Waals surface area contributed by atoms with Crippen molar-refractivity contribution in [3.63, 3.8) is 0 Å². The van der Waals surface area contributed by atoms with Gasteiger partial charge in [-0.1, -0.05) is 12.5 Å². The van der Waals surface area contributed by atoms with Crippen LogP contribution in [0.25, 0.3) is 0 Å². The Morgan fingerprint density at radius 2 is 2.06 bits per heavy atom. The standard InChI is InChI=1S/C12H16FNO.ClH/c1-7-5-9(12(15)10(13)6-7)11(14)8-3-2-4-8;/h5-6,8,11,15H,2-4,14H2,1H3;1H/t11-;/m0./s1. The molecule has 0 saturated heterocycles. The van der Waals surface area contributed by atoms with Gasteiger partial charge in [0.15, 0.2) is 11.6 Å². The number of phenols is 1. The van der Waals surface area contributed by atoms with Gasteiger partial charge in [0.1, 0.15) is 0 Å². The summed E-state index contributed by atoms with van der Waals surface area (Å²) in [6, 6.07) is 2.88. The summed E-state index contributed by atoms with van der Waals surface area (Å²) < 4.78 is 13.3. The number of aromatic hydroxyl groups is 1. The molecule has 1 atom stereocenters. The van der Waals surface area contributed by atoms with Crippen LogP contribution in [0.4, 0.5) is 4.39 Å². The quantitative estimate of drug-likeness (QED) is 0.841. The Balaban J connectivity index is 0.00000128. The average Bonchev–Trinajstić information content (AvgIpc) is 2.08. The summed E-state index contributed by atoms with van der Waals surface area (Å²) in [5.41, 5.74) is 7.37. The third-order valence-electron chi connectivity index (χ3n) is 3.25. The van der Waals surface area contributed by atoms with E-state index in [0.717, 1.165) is 18.4 Å². The highest BCUT2D eigenvalue weighted by Gasteiger charge is 2.28. The first-order valence-corrected chi connectivity index (χ1v) is 5.34. The molecule has 0 spiro atoms. The molecule has 3 N–H and O–H groups in total. The number of rotatable bonds is 2. The van der Waals surface area contributed by atoms with E-state index in [0.29, 0.717) is 11.5 Å². The molecule has 0 heterocycles. The van der Waals surface area contributed by atoms with E-state index in [1.54, 1.807) is 13.0 Å². The molecule has 0 unspecified atom stereocenters. The van der Waals surface area contributed by atoms with Crippen LogP contribution in [0.15, 0.2) is 12.1 Å². The fourth-order valence-electron chi connectivity index (χ4n) is 2.07. The van der Waals surface area contributed by atoms with Crippen LogP contribution in [0.2, 0.25) is 0 Å². The van der Waals surface area contributed by atoms with Crippen LogP contribution in [-0.2, 0) is 0 Å². The first-order chi connectivity index (χ1) is 7.09. The van der Waals surface area contributed by atoms with Crippen molar-refractivity contribution in [2.45, 2.75) is 32.2 Å². The van der Waals surface area contributed by atoms with Crippen molar-refractivity contribution in [1.82, 2.24) is 0 Å². The Bertz CT molecular complexity index is 380. The summed E-state index contributed by atoms with van der Waals surface area (Å²) >= 11 is 0. The van der Waals surface area contributed by atoms with Crippen molar-refractivity contribution in [2.75, 3.05) is 0 Å². The molecule has 1 aliphatic rings. The van der Waals surface area contributed by atoms with Gasteiger partial charge in [-0.15, -0.1) is 12.4 Å². The fourth-order valence-corrected chi connectivity index (χ4v) is 2.07. The summed E-state index contributed by atoms with van der Waals surface area (Å²) in [7, 11) is 0. The largest absolute Gasteiger partial charge is 0.505 e. The predicted octanol–water partition coefficient (Wildman–Crippen LogP) is 3.06. The van der Waals surface area contributed by atoms with Gasteiger partial charge < -0.3 is 10.8 Å². The minimum absolute atomic E-state index is 0. The molecule has 1 saturated carbocycles. The van der Waals surface area contributed by atoms with Crippen LogP contribution in [-0.4, -0.2) is 5.11 Å². The molecule has 4 heteroatoms. The zero-order valence-corrected chi connectivity index (χ0v) is 10.1. The van der Waals surface area contributed by atoms with Gasteiger partial charge in [-0.3, -0.25) is 0 Å². The monoisotopic (exact) mass is 245 g/mol. The Morgan fingerprint density at radius 3 is 2.56 bits per heavy atom. The highest BCUT2D eigenvalue weighted by Crippen LogP contribution is 2.39. The third-order valence-corrected chi connectivity index (χ3v) is 3.25. The number of phenolic OH excluding ortho intramolecular Hbond substituents is 1. The van der Waals surface area contributed by atoms with Gasteiger partial charge in [-0.05, 0) is 37.3 Å². The Morgan fingerprint density at radius 1 is 1.44 bits per heavy atom. The maximum absolute atomic E-state index is 13.3. The zero-order chi connectivity index (χ0) is 11.0. The molecule has 90 valence electrons. The molecule has 0 aromatic heterocycles. The number of hydrogen-bond donors (Lipinski definition) is 2. The SMILES string of the molecule is Cc1cc(F)c(O)c([C@@H](N)C2CCC2)c1.Cl. The summed E-state index contributed by atoms with van der Waals surface area (Å²) in [5, 5.41) is 9.61. The highest BCUT2D eigenvalue weighted by molar-refractivity contribution is 5.85. The smallest absolute Gasteiger partial charge is 0.165 e. The van der Waals surface area contributed by atoms with E-state index < -0.39 is 5.82 Å². The Kier molecular flexibility index (Phi) is 4.16. The van der Waals surface area contributed by atoms with Crippen LogP contribution in [0.3, 0.4) is 0 Å². The summed E-state index contributed by atoms with van der Waals surface area (Å²) in [6.07, 6.45) is 3.35. The fraction of sp³-hybridized carbons (Fsp3) is 0.500. The van der Waals surface area contributed by atoms with Crippen molar-refractivity contribution in [3.05, 3.63) is 29.1 Å². The van der Waals surface area contributed by atoms with E-state index in [-0.39, 0.29) is 24.2 Å². The molecule has 1 aliphatic carbocycles. The second-order valence-corrected chi connectivity index (χ2v) is 4.40. The van der Waals surface area contributed by atoms with Crippen LogP contribution >= 0.6 is 12.4 Å². The third kappa shape index (κ3) is 2.30. The number of benzene rings is 1.